The van der Waals surface area contributed by atoms with Gasteiger partial charge in [-0.2, -0.15) is 4.98 Å². The summed E-state index contributed by atoms with van der Waals surface area (Å²) in [7, 11) is 0. The maximum atomic E-state index is 12.3. The number of carbonyl (C=O) groups is 1. The number of aromatic nitrogens is 5. The van der Waals surface area contributed by atoms with Crippen LogP contribution in [-0.4, -0.2) is 37.0 Å². The van der Waals surface area contributed by atoms with Crippen LogP contribution in [0.25, 0.3) is 5.95 Å². The Kier molecular flexibility index (Phi) is 7.26. The van der Waals surface area contributed by atoms with Crippen LogP contribution in [-0.2, 0) is 17.6 Å². The van der Waals surface area contributed by atoms with Crippen molar-refractivity contribution in [2.24, 2.45) is 0 Å². The summed E-state index contributed by atoms with van der Waals surface area (Å²) < 4.78 is 1.74. The van der Waals surface area contributed by atoms with E-state index in [1.54, 1.807) is 29.5 Å². The number of nitrogens with one attached hydrogen (secondary N) is 2. The fourth-order valence-electron chi connectivity index (χ4n) is 3.32. The quantitative estimate of drug-likeness (QED) is 0.390. The van der Waals surface area contributed by atoms with E-state index in [2.05, 4.69) is 30.6 Å². The first-order valence-corrected chi connectivity index (χ1v) is 11.0. The van der Waals surface area contributed by atoms with Gasteiger partial charge in [-0.25, -0.2) is 15.0 Å². The van der Waals surface area contributed by atoms with Crippen LogP contribution in [0, 0.1) is 6.92 Å². The molecular formula is C24H24ClN7O. The lowest BCUT2D eigenvalue weighted by Crippen LogP contribution is -2.26. The average molecular weight is 462 g/mol. The molecule has 1 amide bonds. The highest BCUT2D eigenvalue weighted by atomic mass is 35.5. The third kappa shape index (κ3) is 6.36. The fraction of sp³-hybridized carbons (Fsp3) is 0.208. The van der Waals surface area contributed by atoms with Gasteiger partial charge >= 0.3 is 0 Å². The predicted molar refractivity (Wildman–Crippen MR) is 128 cm³/mol. The Morgan fingerprint density at radius 1 is 1.09 bits per heavy atom. The van der Waals surface area contributed by atoms with Crippen molar-refractivity contribution in [2.75, 3.05) is 11.9 Å². The molecule has 0 bridgehead atoms. The van der Waals surface area contributed by atoms with Crippen molar-refractivity contribution in [3.8, 4) is 5.95 Å². The van der Waals surface area contributed by atoms with Gasteiger partial charge in [0.15, 0.2) is 0 Å². The number of imidazole rings is 1. The molecule has 33 heavy (non-hydrogen) atoms. The van der Waals surface area contributed by atoms with Crippen LogP contribution in [0.4, 0.5) is 11.6 Å². The SMILES string of the molecule is Cc1cc(Nc2ncccc2CCC(=O)NCCc2ccc(Cl)cc2)nc(-n2ccnc2)n1. The molecule has 0 aliphatic heterocycles. The van der Waals surface area contributed by atoms with Crippen molar-refractivity contribution in [3.05, 3.63) is 89.2 Å². The molecule has 0 saturated carbocycles. The highest BCUT2D eigenvalue weighted by Gasteiger charge is 2.10. The second-order valence-corrected chi connectivity index (χ2v) is 7.96. The van der Waals surface area contributed by atoms with E-state index in [1.807, 2.05) is 49.4 Å². The zero-order valence-electron chi connectivity index (χ0n) is 18.2. The number of pyridine rings is 1. The molecule has 2 N–H and O–H groups in total. The molecule has 0 saturated heterocycles. The summed E-state index contributed by atoms with van der Waals surface area (Å²) in [4.78, 5) is 29.8. The number of aryl methyl sites for hydroxylation is 2. The van der Waals surface area contributed by atoms with Crippen molar-refractivity contribution in [2.45, 2.75) is 26.2 Å². The summed E-state index contributed by atoms with van der Waals surface area (Å²) in [5, 5.41) is 6.95. The lowest BCUT2D eigenvalue weighted by Gasteiger charge is -2.12. The van der Waals surface area contributed by atoms with Gasteiger partial charge in [0.2, 0.25) is 11.9 Å². The summed E-state index contributed by atoms with van der Waals surface area (Å²) in [6, 6.07) is 13.3. The fourth-order valence-corrected chi connectivity index (χ4v) is 3.44. The van der Waals surface area contributed by atoms with Gasteiger partial charge < -0.3 is 10.6 Å². The lowest BCUT2D eigenvalue weighted by molar-refractivity contribution is -0.121. The van der Waals surface area contributed by atoms with Crippen molar-refractivity contribution in [1.29, 1.82) is 0 Å². The Bertz CT molecular complexity index is 1210. The van der Waals surface area contributed by atoms with Gasteiger partial charge in [0.05, 0.1) is 0 Å². The van der Waals surface area contributed by atoms with E-state index >= 15 is 0 Å². The first kappa shape index (κ1) is 22.4. The Labute approximate surface area is 197 Å². The summed E-state index contributed by atoms with van der Waals surface area (Å²) in [6.07, 6.45) is 8.51. The van der Waals surface area contributed by atoms with Crippen molar-refractivity contribution in [3.63, 3.8) is 0 Å². The van der Waals surface area contributed by atoms with Gasteiger partial charge in [-0.05, 0) is 49.1 Å². The van der Waals surface area contributed by atoms with Gasteiger partial charge in [0, 0.05) is 48.3 Å². The van der Waals surface area contributed by atoms with Gasteiger partial charge in [-0.1, -0.05) is 29.8 Å². The van der Waals surface area contributed by atoms with Crippen LogP contribution < -0.4 is 10.6 Å². The largest absolute Gasteiger partial charge is 0.356 e. The normalized spacial score (nSPS) is 10.7. The number of hydrogen-bond acceptors (Lipinski definition) is 6. The van der Waals surface area contributed by atoms with Crippen LogP contribution in [0.3, 0.4) is 0 Å². The topological polar surface area (TPSA) is 97.6 Å². The Balaban J connectivity index is 1.35. The van der Waals surface area contributed by atoms with E-state index in [-0.39, 0.29) is 5.91 Å². The first-order valence-electron chi connectivity index (χ1n) is 10.6. The Hall–Kier alpha value is -3.78. The van der Waals surface area contributed by atoms with E-state index in [4.69, 9.17) is 11.6 Å². The summed E-state index contributed by atoms with van der Waals surface area (Å²) >= 11 is 5.91. The number of hydrogen-bond donors (Lipinski definition) is 2. The molecule has 168 valence electrons. The molecule has 9 heteroatoms. The van der Waals surface area contributed by atoms with Gasteiger partial charge in [0.1, 0.15) is 18.0 Å². The second-order valence-electron chi connectivity index (χ2n) is 7.53. The second kappa shape index (κ2) is 10.7. The molecule has 0 spiro atoms. The summed E-state index contributed by atoms with van der Waals surface area (Å²) in [5.74, 6) is 1.81. The number of anilines is 2. The first-order chi connectivity index (χ1) is 16.1. The lowest BCUT2D eigenvalue weighted by atomic mass is 10.1. The molecule has 3 heterocycles. The van der Waals surface area contributed by atoms with Crippen LogP contribution in [0.5, 0.6) is 0 Å². The molecule has 0 atom stereocenters. The van der Waals surface area contributed by atoms with Crippen LogP contribution in [0.1, 0.15) is 23.2 Å². The Morgan fingerprint density at radius 2 is 1.94 bits per heavy atom. The summed E-state index contributed by atoms with van der Waals surface area (Å²) in [6.45, 7) is 2.48. The van der Waals surface area contributed by atoms with E-state index < -0.39 is 0 Å². The number of carbonyl (C=O) groups excluding carboxylic acids is 1. The van der Waals surface area contributed by atoms with Gasteiger partial charge in [-0.3, -0.25) is 9.36 Å². The third-order valence-corrected chi connectivity index (χ3v) is 5.24. The van der Waals surface area contributed by atoms with Crippen LogP contribution >= 0.6 is 11.6 Å². The highest BCUT2D eigenvalue weighted by Crippen LogP contribution is 2.20. The number of rotatable bonds is 9. The van der Waals surface area contributed by atoms with E-state index in [0.29, 0.717) is 42.0 Å². The monoisotopic (exact) mass is 461 g/mol. The standard InChI is InChI=1S/C24H24ClN7O/c1-17-15-21(31-24(29-17)32-14-13-26-16-32)30-23-19(3-2-11-28-23)6-9-22(33)27-12-10-18-4-7-20(25)8-5-18/h2-5,7-8,11,13-16H,6,9-10,12H2,1H3,(H,27,33)(H,28,29,30,31). The predicted octanol–water partition coefficient (Wildman–Crippen LogP) is 4.05. The molecule has 1 aromatic carbocycles. The summed E-state index contributed by atoms with van der Waals surface area (Å²) in [5.41, 5.74) is 2.88. The van der Waals surface area contributed by atoms with Gasteiger partial charge in [-0.15, -0.1) is 0 Å². The molecule has 0 unspecified atom stereocenters. The van der Waals surface area contributed by atoms with Crippen LogP contribution in [0.2, 0.25) is 5.02 Å². The van der Waals surface area contributed by atoms with E-state index in [0.717, 1.165) is 23.2 Å². The van der Waals surface area contributed by atoms with Gasteiger partial charge in [0.25, 0.3) is 0 Å². The molecule has 8 nitrogen and oxygen atoms in total. The molecule has 4 aromatic rings. The number of benzene rings is 1. The Morgan fingerprint density at radius 3 is 2.73 bits per heavy atom. The molecule has 0 aliphatic rings. The van der Waals surface area contributed by atoms with Crippen LogP contribution in [0.15, 0.2) is 67.4 Å². The molecule has 0 aliphatic carbocycles. The van der Waals surface area contributed by atoms with E-state index in [9.17, 15) is 4.79 Å². The average Bonchev–Trinajstić information content (AvgIpc) is 3.35. The molecule has 4 rings (SSSR count). The minimum atomic E-state index is -0.000888. The number of amides is 1. The van der Waals surface area contributed by atoms with E-state index in [1.165, 1.54) is 0 Å². The van der Waals surface area contributed by atoms with Crippen molar-refractivity contribution < 1.29 is 4.79 Å². The number of halogens is 1. The molecule has 0 fully saturated rings. The zero-order chi connectivity index (χ0) is 23.0. The molecule has 3 aromatic heterocycles. The molecular weight excluding hydrogens is 438 g/mol. The maximum Gasteiger partial charge on any atom is 0.237 e. The third-order valence-electron chi connectivity index (χ3n) is 4.99. The minimum absolute atomic E-state index is 0.000888. The minimum Gasteiger partial charge on any atom is -0.356 e. The smallest absolute Gasteiger partial charge is 0.237 e. The van der Waals surface area contributed by atoms with Crippen molar-refractivity contribution >= 4 is 29.1 Å². The number of nitrogens with zero attached hydrogens (tertiary/aromatic N) is 5. The van der Waals surface area contributed by atoms with Crippen molar-refractivity contribution in [1.82, 2.24) is 29.8 Å². The maximum absolute atomic E-state index is 12.3. The highest BCUT2D eigenvalue weighted by molar-refractivity contribution is 6.30. The molecule has 0 radical (unpaired) electrons. The zero-order valence-corrected chi connectivity index (χ0v) is 19.0.